The maximum Gasteiger partial charge on any atom is 0.410 e. The van der Waals surface area contributed by atoms with Gasteiger partial charge < -0.3 is 9.84 Å². The van der Waals surface area contributed by atoms with E-state index < -0.39 is 40.8 Å². The van der Waals surface area contributed by atoms with E-state index in [0.717, 1.165) is 0 Å². The minimum atomic E-state index is -4.07. The number of rotatable bonds is 0. The van der Waals surface area contributed by atoms with Crippen LogP contribution in [0.1, 0.15) is 0 Å². The first-order chi connectivity index (χ1) is 7.48. The maximum absolute atomic E-state index is 11.3. The highest BCUT2D eigenvalue weighted by molar-refractivity contribution is 7.82. The van der Waals surface area contributed by atoms with Crippen LogP contribution in [0.15, 0.2) is 0 Å². The van der Waals surface area contributed by atoms with Crippen molar-refractivity contribution < 1.29 is 31.4 Å². The molecular weight excluding hydrogens is 242 g/mol. The predicted molar refractivity (Wildman–Crippen MR) is 46.5 cm³/mol. The van der Waals surface area contributed by atoms with Crippen molar-refractivity contribution in [2.24, 2.45) is 0 Å². The fourth-order valence-electron chi connectivity index (χ4n) is 2.22. The Kier molecular flexibility index (Phi) is 1.97. The zero-order chi connectivity index (χ0) is 11.5. The minimum Gasteiger partial charge on any atom is -0.447 e. The Morgan fingerprint density at radius 1 is 1.31 bits per heavy atom. The number of cyclic esters (lactones) is 1. The van der Waals surface area contributed by atoms with Gasteiger partial charge in [0.15, 0.2) is 0 Å². The molecule has 3 aliphatic heterocycles. The van der Waals surface area contributed by atoms with Crippen LogP contribution in [0.3, 0.4) is 0 Å². The van der Waals surface area contributed by atoms with Crippen LogP contribution in [0.5, 0.6) is 0 Å². The Balaban J connectivity index is 1.94. The molecule has 0 aliphatic carbocycles. The molecule has 0 aromatic rings. The van der Waals surface area contributed by atoms with Gasteiger partial charge in [0.2, 0.25) is 0 Å². The van der Waals surface area contributed by atoms with Gasteiger partial charge in [0, 0.05) is 0 Å². The lowest BCUT2D eigenvalue weighted by atomic mass is 9.95. The zero-order valence-electron chi connectivity index (χ0n) is 7.98. The molecule has 3 saturated heterocycles. The summed E-state index contributed by atoms with van der Waals surface area (Å²) in [4.78, 5) is 12.5. The van der Waals surface area contributed by atoms with Crippen LogP contribution in [-0.4, -0.2) is 62.0 Å². The Bertz CT molecular complexity index is 434. The molecule has 0 radical (unpaired) electrons. The number of aliphatic hydroxyl groups excluding tert-OH is 1. The first kappa shape index (κ1) is 10.3. The van der Waals surface area contributed by atoms with Crippen molar-refractivity contribution in [2.45, 2.75) is 24.4 Å². The summed E-state index contributed by atoms with van der Waals surface area (Å²) in [5.74, 6) is 0. The second kappa shape index (κ2) is 3.06. The number of carbonyl (C=O) groups is 1. The number of hydrogen-bond donors (Lipinski definition) is 1. The maximum atomic E-state index is 11.3. The van der Waals surface area contributed by atoms with Crippen molar-refractivity contribution >= 4 is 16.5 Å². The third kappa shape index (κ3) is 1.32. The lowest BCUT2D eigenvalue weighted by Gasteiger charge is -2.35. The van der Waals surface area contributed by atoms with Crippen molar-refractivity contribution in [1.82, 2.24) is 4.90 Å². The van der Waals surface area contributed by atoms with Crippen LogP contribution in [-0.2, 0) is 23.5 Å². The molecule has 16 heavy (non-hydrogen) atoms. The van der Waals surface area contributed by atoms with Crippen LogP contribution >= 0.6 is 0 Å². The van der Waals surface area contributed by atoms with Crippen molar-refractivity contribution in [3.8, 4) is 0 Å². The van der Waals surface area contributed by atoms with Gasteiger partial charge in [0.05, 0.1) is 12.6 Å². The van der Waals surface area contributed by atoms with Crippen LogP contribution in [0.2, 0.25) is 0 Å². The molecule has 0 aromatic heterocycles. The number of ether oxygens (including phenoxy) is 1. The number of nitrogens with zero attached hydrogens (tertiary/aromatic N) is 1. The summed E-state index contributed by atoms with van der Waals surface area (Å²) in [5.41, 5.74) is 0. The van der Waals surface area contributed by atoms with Crippen molar-refractivity contribution in [3.05, 3.63) is 0 Å². The van der Waals surface area contributed by atoms with Crippen LogP contribution in [0.25, 0.3) is 0 Å². The quantitative estimate of drug-likeness (QED) is 0.542. The normalized spacial score (nSPS) is 45.1. The number of fused-ring (bicyclic) bond motifs is 3. The van der Waals surface area contributed by atoms with E-state index in [0.29, 0.717) is 0 Å². The highest BCUT2D eigenvalue weighted by Crippen LogP contribution is 2.34. The van der Waals surface area contributed by atoms with E-state index >= 15 is 0 Å². The zero-order valence-corrected chi connectivity index (χ0v) is 8.79. The molecule has 90 valence electrons. The Labute approximate surface area is 91.0 Å². The fourth-order valence-corrected chi connectivity index (χ4v) is 3.29. The van der Waals surface area contributed by atoms with Gasteiger partial charge in [-0.05, 0) is 0 Å². The van der Waals surface area contributed by atoms with E-state index in [1.807, 2.05) is 0 Å². The molecule has 3 heterocycles. The standard InChI is InChI=1S/C7H9NO7S/c9-4-1-8-3(2-13-7(8)10)5-6(4)15-16(11,12)14-5/h3-6,9H,1-2H2/t3-,4+,5-,6-/m1/s1. The summed E-state index contributed by atoms with van der Waals surface area (Å²) in [6.45, 7) is 0.0369. The number of hydrogen-bond acceptors (Lipinski definition) is 7. The van der Waals surface area contributed by atoms with Gasteiger partial charge in [-0.25, -0.2) is 13.2 Å². The third-order valence-electron chi connectivity index (χ3n) is 2.94. The molecule has 4 atom stereocenters. The van der Waals surface area contributed by atoms with E-state index in [1.165, 1.54) is 4.90 Å². The van der Waals surface area contributed by atoms with Gasteiger partial charge >= 0.3 is 16.5 Å². The average Bonchev–Trinajstić information content (AvgIpc) is 2.68. The number of aliphatic hydroxyl groups is 1. The highest BCUT2D eigenvalue weighted by Gasteiger charge is 2.57. The molecule has 8 nitrogen and oxygen atoms in total. The molecule has 0 bridgehead atoms. The van der Waals surface area contributed by atoms with Gasteiger partial charge in [-0.1, -0.05) is 0 Å². The highest BCUT2D eigenvalue weighted by atomic mass is 32.3. The van der Waals surface area contributed by atoms with Gasteiger partial charge in [-0.3, -0.25) is 4.90 Å². The first-order valence-corrected chi connectivity index (χ1v) is 6.04. The molecular formula is C7H9NO7S. The molecule has 0 saturated carbocycles. The summed E-state index contributed by atoms with van der Waals surface area (Å²) in [5, 5.41) is 9.66. The Morgan fingerprint density at radius 2 is 2.00 bits per heavy atom. The lowest BCUT2D eigenvalue weighted by molar-refractivity contribution is -0.0536. The number of piperidine rings is 1. The van der Waals surface area contributed by atoms with Crippen LogP contribution in [0, 0.1) is 0 Å². The first-order valence-electron chi connectivity index (χ1n) is 4.71. The van der Waals surface area contributed by atoms with Gasteiger partial charge in [-0.15, -0.1) is 0 Å². The molecule has 0 spiro atoms. The summed E-state index contributed by atoms with van der Waals surface area (Å²) in [6.07, 6.45) is -3.51. The Morgan fingerprint density at radius 3 is 2.75 bits per heavy atom. The molecule has 3 rings (SSSR count). The van der Waals surface area contributed by atoms with E-state index in [-0.39, 0.29) is 13.2 Å². The van der Waals surface area contributed by atoms with Gasteiger partial charge in [0.1, 0.15) is 24.9 Å². The molecule has 3 aliphatic rings. The molecule has 1 amide bonds. The van der Waals surface area contributed by atoms with Crippen molar-refractivity contribution in [2.75, 3.05) is 13.2 Å². The average molecular weight is 251 g/mol. The summed E-state index contributed by atoms with van der Waals surface area (Å²) >= 11 is 0. The molecule has 1 N–H and O–H groups in total. The second-order valence-corrected chi connectivity index (χ2v) is 5.10. The van der Waals surface area contributed by atoms with E-state index in [2.05, 4.69) is 4.18 Å². The van der Waals surface area contributed by atoms with E-state index in [4.69, 9.17) is 8.92 Å². The number of amides is 1. The smallest absolute Gasteiger partial charge is 0.410 e. The van der Waals surface area contributed by atoms with Crippen molar-refractivity contribution in [1.29, 1.82) is 0 Å². The minimum absolute atomic E-state index is 0.0104. The fraction of sp³-hybridized carbons (Fsp3) is 0.857. The lowest BCUT2D eigenvalue weighted by Crippen LogP contribution is -2.59. The van der Waals surface area contributed by atoms with Crippen LogP contribution in [0.4, 0.5) is 4.79 Å². The third-order valence-corrected chi connectivity index (χ3v) is 3.85. The van der Waals surface area contributed by atoms with E-state index in [9.17, 15) is 18.3 Å². The van der Waals surface area contributed by atoms with Gasteiger partial charge in [-0.2, -0.15) is 8.42 Å². The molecule has 9 heteroatoms. The predicted octanol–water partition coefficient (Wildman–Crippen LogP) is -1.79. The molecule has 3 fully saturated rings. The molecule has 0 aromatic carbocycles. The second-order valence-electron chi connectivity index (χ2n) is 3.89. The van der Waals surface area contributed by atoms with E-state index in [1.54, 1.807) is 0 Å². The summed E-state index contributed by atoms with van der Waals surface area (Å²) in [6, 6.07) is -0.516. The Hall–Kier alpha value is -0.900. The van der Waals surface area contributed by atoms with Crippen LogP contribution < -0.4 is 0 Å². The SMILES string of the molecule is O=C1OC[C@@H]2[C@H]3OS(=O)(=O)O[C@@H]3[C@@H](O)CN12. The number of carbonyl (C=O) groups excluding carboxylic acids is 1. The summed E-state index contributed by atoms with van der Waals surface area (Å²) < 4.78 is 36.3. The largest absolute Gasteiger partial charge is 0.447 e. The molecule has 0 unspecified atom stereocenters. The monoisotopic (exact) mass is 251 g/mol. The van der Waals surface area contributed by atoms with Crippen molar-refractivity contribution in [3.63, 3.8) is 0 Å². The van der Waals surface area contributed by atoms with Gasteiger partial charge in [0.25, 0.3) is 0 Å². The summed E-state index contributed by atoms with van der Waals surface area (Å²) in [7, 11) is -4.07. The topological polar surface area (TPSA) is 102 Å².